The summed E-state index contributed by atoms with van der Waals surface area (Å²) < 4.78 is 7.34. The van der Waals surface area contributed by atoms with Gasteiger partial charge in [0.1, 0.15) is 0 Å². The first kappa shape index (κ1) is 18.3. The molecule has 7 nitrogen and oxygen atoms in total. The minimum Gasteiger partial charge on any atom is -0.399 e. The summed E-state index contributed by atoms with van der Waals surface area (Å²) in [7, 11) is 0. The first-order valence-corrected chi connectivity index (χ1v) is 9.85. The van der Waals surface area contributed by atoms with Crippen molar-refractivity contribution in [2.75, 3.05) is 32.0 Å². The molecule has 2 aromatic carbocycles. The van der Waals surface area contributed by atoms with Gasteiger partial charge in [-0.25, -0.2) is 4.98 Å². The van der Waals surface area contributed by atoms with E-state index in [4.69, 9.17) is 10.5 Å². The Morgan fingerprint density at radius 3 is 2.33 bits per heavy atom. The number of anilines is 1. The number of carbonyl (C=O) groups is 1. The van der Waals surface area contributed by atoms with Crippen LogP contribution < -0.4 is 5.73 Å². The van der Waals surface area contributed by atoms with Crippen LogP contribution >= 0.6 is 0 Å². The van der Waals surface area contributed by atoms with Crippen molar-refractivity contribution in [2.24, 2.45) is 0 Å². The summed E-state index contributed by atoms with van der Waals surface area (Å²) in [6.45, 7) is 2.45. The molecule has 30 heavy (non-hydrogen) atoms. The van der Waals surface area contributed by atoms with Crippen LogP contribution in [0.1, 0.15) is 10.4 Å². The molecule has 0 radical (unpaired) electrons. The second-order valence-corrected chi connectivity index (χ2v) is 7.25. The molecule has 0 saturated carbocycles. The average Bonchev–Trinajstić information content (AvgIpc) is 3.23. The van der Waals surface area contributed by atoms with Gasteiger partial charge in [-0.15, -0.1) is 0 Å². The minimum atomic E-state index is 0.0357. The van der Waals surface area contributed by atoms with Gasteiger partial charge in [0.25, 0.3) is 5.91 Å². The highest BCUT2D eigenvalue weighted by atomic mass is 16.5. The Morgan fingerprint density at radius 1 is 0.900 bits per heavy atom. The topological polar surface area (TPSA) is 85.8 Å². The maximum Gasteiger partial charge on any atom is 0.254 e. The lowest BCUT2D eigenvalue weighted by atomic mass is 10.1. The monoisotopic (exact) mass is 399 g/mol. The normalized spacial score (nSPS) is 14.2. The van der Waals surface area contributed by atoms with Gasteiger partial charge >= 0.3 is 0 Å². The molecule has 5 rings (SSSR count). The maximum absolute atomic E-state index is 12.6. The molecule has 4 aromatic rings. The number of benzene rings is 2. The fourth-order valence-electron chi connectivity index (χ4n) is 3.64. The van der Waals surface area contributed by atoms with Crippen molar-refractivity contribution in [2.45, 2.75) is 0 Å². The predicted molar refractivity (Wildman–Crippen MR) is 115 cm³/mol. The molecule has 1 saturated heterocycles. The Hall–Kier alpha value is -3.71. The fraction of sp³-hybridized carbons (Fsp3) is 0.174. The third-order valence-electron chi connectivity index (χ3n) is 5.33. The lowest BCUT2D eigenvalue weighted by Gasteiger charge is -2.26. The molecule has 150 valence electrons. The van der Waals surface area contributed by atoms with Crippen LogP contribution in [-0.4, -0.2) is 51.5 Å². The molecule has 7 heteroatoms. The number of nitrogens with zero attached hydrogens (tertiary/aromatic N) is 4. The Balaban J connectivity index is 1.45. The Labute approximate surface area is 173 Å². The minimum absolute atomic E-state index is 0.0357. The first-order valence-electron chi connectivity index (χ1n) is 9.85. The van der Waals surface area contributed by atoms with Crippen LogP contribution in [0.4, 0.5) is 5.69 Å². The number of nitrogens with two attached hydrogens (primary N) is 1. The van der Waals surface area contributed by atoms with E-state index in [-0.39, 0.29) is 5.91 Å². The lowest BCUT2D eigenvalue weighted by molar-refractivity contribution is 0.0303. The first-order chi connectivity index (χ1) is 14.7. The third kappa shape index (κ3) is 3.40. The molecule has 0 aliphatic carbocycles. The fourth-order valence-corrected chi connectivity index (χ4v) is 3.64. The summed E-state index contributed by atoms with van der Waals surface area (Å²) in [5.41, 5.74) is 11.7. The number of imidazole rings is 1. The van der Waals surface area contributed by atoms with Crippen LogP contribution in [0, 0.1) is 0 Å². The number of carbonyl (C=O) groups excluding carboxylic acids is 1. The SMILES string of the molecule is Nc1ccc(-c2cnc3cnc(-c4ccc(C(=O)N5CCOCC5)cc4)cn23)cc1. The van der Waals surface area contributed by atoms with Crippen LogP contribution in [0.25, 0.3) is 28.2 Å². The van der Waals surface area contributed by atoms with Gasteiger partial charge in [-0.1, -0.05) is 24.3 Å². The number of hydrogen-bond donors (Lipinski definition) is 1. The molecule has 1 aliphatic rings. The van der Waals surface area contributed by atoms with E-state index in [2.05, 4.69) is 9.97 Å². The summed E-state index contributed by atoms with van der Waals surface area (Å²) in [6.07, 6.45) is 5.55. The quantitative estimate of drug-likeness (QED) is 0.535. The zero-order chi connectivity index (χ0) is 20.5. The summed E-state index contributed by atoms with van der Waals surface area (Å²) in [5, 5.41) is 0. The summed E-state index contributed by atoms with van der Waals surface area (Å²) in [4.78, 5) is 23.5. The number of fused-ring (bicyclic) bond motifs is 1. The smallest absolute Gasteiger partial charge is 0.254 e. The van der Waals surface area contributed by atoms with Crippen LogP contribution in [-0.2, 0) is 4.74 Å². The van der Waals surface area contributed by atoms with E-state index in [0.717, 1.165) is 33.8 Å². The van der Waals surface area contributed by atoms with Crippen molar-refractivity contribution in [3.05, 3.63) is 72.7 Å². The van der Waals surface area contributed by atoms with E-state index in [1.54, 1.807) is 6.20 Å². The zero-order valence-electron chi connectivity index (χ0n) is 16.4. The molecule has 3 heterocycles. The highest BCUT2D eigenvalue weighted by Crippen LogP contribution is 2.25. The van der Waals surface area contributed by atoms with Crippen molar-refractivity contribution in [3.8, 4) is 22.5 Å². The predicted octanol–water partition coefficient (Wildman–Crippen LogP) is 3.12. The summed E-state index contributed by atoms with van der Waals surface area (Å²) >= 11 is 0. The molecule has 2 aromatic heterocycles. The zero-order valence-corrected chi connectivity index (χ0v) is 16.4. The van der Waals surface area contributed by atoms with Crippen molar-refractivity contribution in [1.82, 2.24) is 19.3 Å². The van der Waals surface area contributed by atoms with E-state index < -0.39 is 0 Å². The molecule has 0 spiro atoms. The number of aromatic nitrogens is 3. The molecule has 0 unspecified atom stereocenters. The molecule has 1 aliphatic heterocycles. The van der Waals surface area contributed by atoms with Crippen molar-refractivity contribution >= 4 is 17.2 Å². The van der Waals surface area contributed by atoms with Crippen molar-refractivity contribution in [3.63, 3.8) is 0 Å². The number of rotatable bonds is 3. The number of amides is 1. The van der Waals surface area contributed by atoms with Gasteiger partial charge in [0.15, 0.2) is 5.65 Å². The van der Waals surface area contributed by atoms with Gasteiger partial charge < -0.3 is 15.4 Å². The third-order valence-corrected chi connectivity index (χ3v) is 5.33. The van der Waals surface area contributed by atoms with Crippen molar-refractivity contribution < 1.29 is 9.53 Å². The van der Waals surface area contributed by atoms with Crippen LogP contribution in [0.2, 0.25) is 0 Å². The van der Waals surface area contributed by atoms with E-state index in [1.165, 1.54) is 0 Å². The van der Waals surface area contributed by atoms with Gasteiger partial charge in [-0.05, 0) is 24.3 Å². The number of nitrogen functional groups attached to an aromatic ring is 1. The molecule has 1 fully saturated rings. The van der Waals surface area contributed by atoms with Gasteiger partial charge in [0.2, 0.25) is 0 Å². The summed E-state index contributed by atoms with van der Waals surface area (Å²) in [5.74, 6) is 0.0357. The van der Waals surface area contributed by atoms with Crippen LogP contribution in [0.5, 0.6) is 0 Å². The van der Waals surface area contributed by atoms with E-state index in [1.807, 2.05) is 70.2 Å². The largest absolute Gasteiger partial charge is 0.399 e. The lowest BCUT2D eigenvalue weighted by Crippen LogP contribution is -2.40. The second kappa shape index (κ2) is 7.61. The van der Waals surface area contributed by atoms with Gasteiger partial charge in [0.05, 0.1) is 37.0 Å². The van der Waals surface area contributed by atoms with Gasteiger partial charge in [-0.3, -0.25) is 14.2 Å². The van der Waals surface area contributed by atoms with Crippen molar-refractivity contribution in [1.29, 1.82) is 0 Å². The second-order valence-electron chi connectivity index (χ2n) is 7.25. The standard InChI is InChI=1S/C23H21N5O2/c24-19-7-5-17(6-8-19)21-13-26-22-14-25-20(15-28(21)22)16-1-3-18(4-2-16)23(29)27-9-11-30-12-10-27/h1-8,13-15H,9-12,24H2. The highest BCUT2D eigenvalue weighted by molar-refractivity contribution is 5.94. The molecule has 0 atom stereocenters. The number of hydrogen-bond acceptors (Lipinski definition) is 5. The van der Waals surface area contributed by atoms with E-state index in [9.17, 15) is 4.79 Å². The highest BCUT2D eigenvalue weighted by Gasteiger charge is 2.18. The molecular formula is C23H21N5O2. The van der Waals surface area contributed by atoms with Crippen LogP contribution in [0.3, 0.4) is 0 Å². The number of morpholine rings is 1. The van der Waals surface area contributed by atoms with Crippen LogP contribution in [0.15, 0.2) is 67.1 Å². The van der Waals surface area contributed by atoms with E-state index >= 15 is 0 Å². The van der Waals surface area contributed by atoms with Gasteiger partial charge in [-0.2, -0.15) is 0 Å². The summed E-state index contributed by atoms with van der Waals surface area (Å²) in [6, 6.07) is 15.3. The Bertz CT molecular complexity index is 1190. The molecular weight excluding hydrogens is 378 g/mol. The average molecular weight is 399 g/mol. The van der Waals surface area contributed by atoms with E-state index in [0.29, 0.717) is 31.9 Å². The molecule has 1 amide bonds. The van der Waals surface area contributed by atoms with Gasteiger partial charge in [0, 0.05) is 41.7 Å². The number of ether oxygens (including phenoxy) is 1. The Kier molecular flexibility index (Phi) is 4.65. The Morgan fingerprint density at radius 2 is 1.60 bits per heavy atom. The maximum atomic E-state index is 12.6. The molecule has 0 bridgehead atoms. The molecule has 2 N–H and O–H groups in total.